The van der Waals surface area contributed by atoms with Gasteiger partial charge in [-0.2, -0.15) is 5.26 Å². The molecule has 0 bridgehead atoms. The van der Waals surface area contributed by atoms with Crippen molar-refractivity contribution in [1.29, 1.82) is 5.26 Å². The van der Waals surface area contributed by atoms with E-state index in [-0.39, 0.29) is 17.5 Å². The zero-order valence-corrected chi connectivity index (χ0v) is 15.0. The third-order valence-electron chi connectivity index (χ3n) is 3.66. The number of nitriles is 1. The van der Waals surface area contributed by atoms with Crippen LogP contribution in [0.25, 0.3) is 0 Å². The van der Waals surface area contributed by atoms with Gasteiger partial charge in [0, 0.05) is 29.5 Å². The topological polar surface area (TPSA) is 56.1 Å². The Morgan fingerprint density at radius 2 is 1.84 bits per heavy atom. The highest BCUT2D eigenvalue weighted by atomic mass is 35.5. The Kier molecular flexibility index (Phi) is 6.62. The molecule has 0 fully saturated rings. The van der Waals surface area contributed by atoms with E-state index < -0.39 is 0 Å². The average molecular weight is 354 g/mol. The van der Waals surface area contributed by atoms with E-state index in [1.807, 2.05) is 50.2 Å². The number of rotatable bonds is 6. The van der Waals surface area contributed by atoms with E-state index in [9.17, 15) is 10.1 Å². The second-order valence-corrected chi connectivity index (χ2v) is 6.27. The molecule has 0 unspecified atom stereocenters. The molecule has 0 aliphatic rings. The SMILES string of the molecule is CC(C)N(Cc1ccccc1)C(=O)/C(C#N)=C\Nc1ccc(Cl)cc1. The van der Waals surface area contributed by atoms with Gasteiger partial charge in [0.25, 0.3) is 5.91 Å². The van der Waals surface area contributed by atoms with Crippen molar-refractivity contribution >= 4 is 23.2 Å². The van der Waals surface area contributed by atoms with E-state index in [1.165, 1.54) is 6.20 Å². The Labute approximate surface area is 153 Å². The minimum Gasteiger partial charge on any atom is -0.360 e. The van der Waals surface area contributed by atoms with Gasteiger partial charge in [0.1, 0.15) is 11.6 Å². The lowest BCUT2D eigenvalue weighted by Gasteiger charge is -2.26. The number of hydrogen-bond donors (Lipinski definition) is 1. The van der Waals surface area contributed by atoms with Crippen LogP contribution < -0.4 is 5.32 Å². The number of halogens is 1. The molecular formula is C20H20ClN3O. The molecule has 0 radical (unpaired) electrons. The van der Waals surface area contributed by atoms with Gasteiger partial charge in [-0.05, 0) is 43.7 Å². The summed E-state index contributed by atoms with van der Waals surface area (Å²) < 4.78 is 0. The summed E-state index contributed by atoms with van der Waals surface area (Å²) in [7, 11) is 0. The van der Waals surface area contributed by atoms with E-state index in [1.54, 1.807) is 29.2 Å². The lowest BCUT2D eigenvalue weighted by atomic mass is 10.1. The monoisotopic (exact) mass is 353 g/mol. The molecule has 0 atom stereocenters. The fourth-order valence-electron chi connectivity index (χ4n) is 2.27. The van der Waals surface area contributed by atoms with Gasteiger partial charge in [0.05, 0.1) is 0 Å². The van der Waals surface area contributed by atoms with Gasteiger partial charge in [0.15, 0.2) is 0 Å². The van der Waals surface area contributed by atoms with Gasteiger partial charge in [-0.15, -0.1) is 0 Å². The molecular weight excluding hydrogens is 334 g/mol. The number of hydrogen-bond acceptors (Lipinski definition) is 3. The summed E-state index contributed by atoms with van der Waals surface area (Å²) >= 11 is 5.85. The number of nitrogens with zero attached hydrogens (tertiary/aromatic N) is 2. The lowest BCUT2D eigenvalue weighted by Crippen LogP contribution is -2.37. The van der Waals surface area contributed by atoms with Crippen molar-refractivity contribution in [3.05, 3.63) is 77.0 Å². The van der Waals surface area contributed by atoms with Crippen LogP contribution in [0.1, 0.15) is 19.4 Å². The quantitative estimate of drug-likeness (QED) is 0.610. The van der Waals surface area contributed by atoms with Crippen LogP contribution >= 0.6 is 11.6 Å². The maximum atomic E-state index is 12.8. The second-order valence-electron chi connectivity index (χ2n) is 5.83. The molecule has 0 aliphatic carbocycles. The van der Waals surface area contributed by atoms with E-state index in [4.69, 9.17) is 11.6 Å². The maximum absolute atomic E-state index is 12.8. The fourth-order valence-corrected chi connectivity index (χ4v) is 2.39. The molecule has 2 rings (SSSR count). The molecule has 25 heavy (non-hydrogen) atoms. The maximum Gasteiger partial charge on any atom is 0.266 e. The number of carbonyl (C=O) groups excluding carboxylic acids is 1. The third-order valence-corrected chi connectivity index (χ3v) is 3.91. The van der Waals surface area contributed by atoms with Crippen molar-refractivity contribution in [2.75, 3.05) is 5.32 Å². The minimum absolute atomic E-state index is 0.0278. The Hall–Kier alpha value is -2.77. The van der Waals surface area contributed by atoms with Crippen LogP contribution in [0.4, 0.5) is 5.69 Å². The van der Waals surface area contributed by atoms with Gasteiger partial charge in [-0.3, -0.25) is 4.79 Å². The first kappa shape index (κ1) is 18.6. The third kappa shape index (κ3) is 5.37. The van der Waals surface area contributed by atoms with Crippen LogP contribution in [-0.2, 0) is 11.3 Å². The highest BCUT2D eigenvalue weighted by molar-refractivity contribution is 6.30. The number of anilines is 1. The Bertz CT molecular complexity index is 777. The Balaban J connectivity index is 2.15. The number of carbonyl (C=O) groups is 1. The predicted octanol–water partition coefficient (Wildman–Crippen LogP) is 4.60. The summed E-state index contributed by atoms with van der Waals surface area (Å²) in [5.41, 5.74) is 1.83. The number of amides is 1. The molecule has 128 valence electrons. The first-order valence-electron chi connectivity index (χ1n) is 7.98. The summed E-state index contributed by atoms with van der Waals surface area (Å²) in [5.74, 6) is -0.303. The average Bonchev–Trinajstić information content (AvgIpc) is 2.62. The highest BCUT2D eigenvalue weighted by Crippen LogP contribution is 2.15. The molecule has 0 aromatic heterocycles. The summed E-state index contributed by atoms with van der Waals surface area (Å²) in [6.45, 7) is 4.32. The predicted molar refractivity (Wildman–Crippen MR) is 101 cm³/mol. The van der Waals surface area contributed by atoms with Crippen LogP contribution in [0.15, 0.2) is 66.4 Å². The van der Waals surface area contributed by atoms with Crippen molar-refractivity contribution < 1.29 is 4.79 Å². The number of benzene rings is 2. The van der Waals surface area contributed by atoms with E-state index in [2.05, 4.69) is 5.32 Å². The molecule has 0 aliphatic heterocycles. The molecule has 5 heteroatoms. The Morgan fingerprint density at radius 3 is 2.40 bits per heavy atom. The summed E-state index contributed by atoms with van der Waals surface area (Å²) in [5, 5.41) is 13.0. The molecule has 2 aromatic rings. The molecule has 0 saturated carbocycles. The Morgan fingerprint density at radius 1 is 1.20 bits per heavy atom. The minimum atomic E-state index is -0.303. The smallest absolute Gasteiger partial charge is 0.266 e. The van der Waals surface area contributed by atoms with Crippen molar-refractivity contribution in [2.24, 2.45) is 0 Å². The molecule has 0 saturated heterocycles. The van der Waals surface area contributed by atoms with Gasteiger partial charge in [-0.25, -0.2) is 0 Å². The molecule has 0 spiro atoms. The second kappa shape index (κ2) is 8.91. The van der Waals surface area contributed by atoms with Crippen molar-refractivity contribution in [3.63, 3.8) is 0 Å². The van der Waals surface area contributed by atoms with Gasteiger partial charge in [-0.1, -0.05) is 41.9 Å². The lowest BCUT2D eigenvalue weighted by molar-refractivity contribution is -0.129. The van der Waals surface area contributed by atoms with Crippen molar-refractivity contribution in [1.82, 2.24) is 4.90 Å². The first-order chi connectivity index (χ1) is 12.0. The zero-order chi connectivity index (χ0) is 18.2. The molecule has 4 nitrogen and oxygen atoms in total. The van der Waals surface area contributed by atoms with Crippen LogP contribution in [0, 0.1) is 11.3 Å². The van der Waals surface area contributed by atoms with E-state index in [0.717, 1.165) is 11.3 Å². The standard InChI is InChI=1S/C20H20ClN3O/c1-15(2)24(14-16-6-4-3-5-7-16)20(25)17(12-22)13-23-19-10-8-18(21)9-11-19/h3-11,13,15,23H,14H2,1-2H3/b17-13-. The summed E-state index contributed by atoms with van der Waals surface area (Å²) in [6.07, 6.45) is 1.44. The highest BCUT2D eigenvalue weighted by Gasteiger charge is 2.21. The van der Waals surface area contributed by atoms with Gasteiger partial charge < -0.3 is 10.2 Å². The number of nitrogens with one attached hydrogen (secondary N) is 1. The van der Waals surface area contributed by atoms with Gasteiger partial charge >= 0.3 is 0 Å². The van der Waals surface area contributed by atoms with Crippen molar-refractivity contribution in [2.45, 2.75) is 26.4 Å². The van der Waals surface area contributed by atoms with Gasteiger partial charge in [0.2, 0.25) is 0 Å². The fraction of sp³-hybridized carbons (Fsp3) is 0.200. The zero-order valence-electron chi connectivity index (χ0n) is 14.2. The molecule has 1 N–H and O–H groups in total. The molecule has 1 amide bonds. The van der Waals surface area contributed by atoms with Crippen molar-refractivity contribution in [3.8, 4) is 6.07 Å². The largest absolute Gasteiger partial charge is 0.360 e. The van der Waals surface area contributed by atoms with Crippen LogP contribution in [-0.4, -0.2) is 16.8 Å². The summed E-state index contributed by atoms with van der Waals surface area (Å²) in [4.78, 5) is 14.4. The van der Waals surface area contributed by atoms with E-state index >= 15 is 0 Å². The van der Waals surface area contributed by atoms with Crippen LogP contribution in [0.2, 0.25) is 5.02 Å². The molecule has 2 aromatic carbocycles. The first-order valence-corrected chi connectivity index (χ1v) is 8.36. The summed E-state index contributed by atoms with van der Waals surface area (Å²) in [6, 6.07) is 18.7. The molecule has 0 heterocycles. The van der Waals surface area contributed by atoms with Crippen LogP contribution in [0.5, 0.6) is 0 Å². The van der Waals surface area contributed by atoms with Crippen LogP contribution in [0.3, 0.4) is 0 Å². The van der Waals surface area contributed by atoms with E-state index in [0.29, 0.717) is 11.6 Å². The normalized spacial score (nSPS) is 11.1.